The molecule has 0 radical (unpaired) electrons. The molecule has 0 aliphatic carbocycles. The molecule has 128 valence electrons. The van der Waals surface area contributed by atoms with Crippen molar-refractivity contribution >= 4 is 15.8 Å². The molecular weight excluding hydrogens is 316 g/mol. The summed E-state index contributed by atoms with van der Waals surface area (Å²) in [6.07, 6.45) is 2.30. The number of fused-ring (bicyclic) bond motifs is 1. The highest BCUT2D eigenvalue weighted by atomic mass is 32.2. The average molecular weight is 340 g/mol. The van der Waals surface area contributed by atoms with Crippen molar-refractivity contribution in [3.05, 3.63) is 18.3 Å². The zero-order chi connectivity index (χ0) is 16.6. The number of anilines is 1. The van der Waals surface area contributed by atoms with E-state index < -0.39 is 10.0 Å². The van der Waals surface area contributed by atoms with Crippen LogP contribution in [0.3, 0.4) is 0 Å². The molecule has 3 rings (SSSR count). The van der Waals surface area contributed by atoms with Crippen molar-refractivity contribution in [2.75, 3.05) is 52.3 Å². The van der Waals surface area contributed by atoms with Gasteiger partial charge in [0.2, 0.25) is 10.0 Å². The molecule has 7 nitrogen and oxygen atoms in total. The molecule has 8 heteroatoms. The first-order chi connectivity index (χ1) is 10.9. The molecule has 1 aromatic heterocycles. The number of piperidine rings is 1. The van der Waals surface area contributed by atoms with Gasteiger partial charge in [0.1, 0.15) is 10.7 Å². The fourth-order valence-electron chi connectivity index (χ4n) is 3.22. The third kappa shape index (κ3) is 3.21. The van der Waals surface area contributed by atoms with Crippen molar-refractivity contribution in [1.29, 1.82) is 0 Å². The molecule has 0 amide bonds. The molecule has 0 N–H and O–H groups in total. The number of morpholine rings is 1. The van der Waals surface area contributed by atoms with Crippen molar-refractivity contribution < 1.29 is 13.2 Å². The number of aromatic nitrogens is 1. The fraction of sp³-hybridized carbons (Fsp3) is 0.667. The maximum atomic E-state index is 13.0. The second-order valence-electron chi connectivity index (χ2n) is 6.39. The Balaban J connectivity index is 1.88. The summed E-state index contributed by atoms with van der Waals surface area (Å²) in [5.74, 6) is 0.737. The van der Waals surface area contributed by atoms with Gasteiger partial charge >= 0.3 is 0 Å². The second kappa shape index (κ2) is 6.35. The summed E-state index contributed by atoms with van der Waals surface area (Å²) < 4.78 is 33.4. The van der Waals surface area contributed by atoms with E-state index >= 15 is 0 Å². The monoisotopic (exact) mass is 340 g/mol. The molecule has 0 unspecified atom stereocenters. The van der Waals surface area contributed by atoms with Crippen LogP contribution < -0.4 is 4.90 Å². The van der Waals surface area contributed by atoms with Crippen LogP contribution in [0, 0.1) is 0 Å². The minimum Gasteiger partial charge on any atom is -0.375 e. The standard InChI is InChI=1S/C15H24N4O3S/c1-17(2)15-5-4-12(10-16-15)23(20,21)19-8-9-22-14-6-7-18(3)11-13(14)19/h4-5,10,13-14H,6-9,11H2,1-3H3/t13-,14-/m0/s1. The molecule has 3 heterocycles. The lowest BCUT2D eigenvalue weighted by Gasteiger charge is -2.45. The normalized spacial score (nSPS) is 26.7. The zero-order valence-electron chi connectivity index (χ0n) is 13.8. The third-order valence-electron chi connectivity index (χ3n) is 4.52. The number of likely N-dealkylation sites (N-methyl/N-ethyl adjacent to an activating group) is 1. The topological polar surface area (TPSA) is 66.0 Å². The van der Waals surface area contributed by atoms with Gasteiger partial charge in [-0.2, -0.15) is 4.31 Å². The Morgan fingerprint density at radius 3 is 2.74 bits per heavy atom. The Morgan fingerprint density at radius 1 is 1.30 bits per heavy atom. The third-order valence-corrected chi connectivity index (χ3v) is 6.43. The van der Waals surface area contributed by atoms with Crippen molar-refractivity contribution in [2.24, 2.45) is 0 Å². The SMILES string of the molecule is CN1CC[C@@H]2OCCN(S(=O)(=O)c3ccc(N(C)C)nc3)[C@H]2C1. The van der Waals surface area contributed by atoms with Gasteiger partial charge in [0.05, 0.1) is 18.8 Å². The summed E-state index contributed by atoms with van der Waals surface area (Å²) in [4.78, 5) is 8.49. The summed E-state index contributed by atoms with van der Waals surface area (Å²) in [7, 11) is 2.22. The van der Waals surface area contributed by atoms with Crippen LogP contribution in [-0.4, -0.2) is 82.1 Å². The Morgan fingerprint density at radius 2 is 2.09 bits per heavy atom. The van der Waals surface area contributed by atoms with Gasteiger partial charge < -0.3 is 14.5 Å². The van der Waals surface area contributed by atoms with E-state index in [1.165, 1.54) is 6.20 Å². The van der Waals surface area contributed by atoms with Crippen molar-refractivity contribution in [3.8, 4) is 0 Å². The average Bonchev–Trinajstić information content (AvgIpc) is 2.54. The number of hydrogen-bond acceptors (Lipinski definition) is 6. The van der Waals surface area contributed by atoms with E-state index in [0.717, 1.165) is 18.8 Å². The molecule has 2 saturated heterocycles. The summed E-state index contributed by atoms with van der Waals surface area (Å²) in [5.41, 5.74) is 0. The Labute approximate surface area is 137 Å². The minimum absolute atomic E-state index is 0.0104. The van der Waals surface area contributed by atoms with Crippen molar-refractivity contribution in [1.82, 2.24) is 14.2 Å². The predicted molar refractivity (Wildman–Crippen MR) is 88.1 cm³/mol. The van der Waals surface area contributed by atoms with Gasteiger partial charge in [-0.3, -0.25) is 0 Å². The van der Waals surface area contributed by atoms with E-state index in [1.54, 1.807) is 16.4 Å². The minimum atomic E-state index is -3.55. The van der Waals surface area contributed by atoms with Crippen LogP contribution in [0.15, 0.2) is 23.2 Å². The Bertz CT molecular complexity index is 647. The molecule has 2 aliphatic rings. The summed E-state index contributed by atoms with van der Waals surface area (Å²) in [6, 6.07) is 3.24. The molecular formula is C15H24N4O3S. The van der Waals surface area contributed by atoms with Gasteiger partial charge in [-0.25, -0.2) is 13.4 Å². The summed E-state index contributed by atoms with van der Waals surface area (Å²) >= 11 is 0. The van der Waals surface area contributed by atoms with Crippen molar-refractivity contribution in [2.45, 2.75) is 23.5 Å². The molecule has 0 bridgehead atoms. The highest BCUT2D eigenvalue weighted by Gasteiger charge is 2.42. The molecule has 1 aromatic rings. The molecule has 23 heavy (non-hydrogen) atoms. The molecule has 0 aromatic carbocycles. The Kier molecular flexibility index (Phi) is 4.59. The number of hydrogen-bond donors (Lipinski definition) is 0. The first-order valence-corrected chi connectivity index (χ1v) is 9.29. The van der Waals surface area contributed by atoms with Crippen LogP contribution >= 0.6 is 0 Å². The van der Waals surface area contributed by atoms with Gasteiger partial charge in [0, 0.05) is 39.9 Å². The summed E-state index contributed by atoms with van der Waals surface area (Å²) in [5, 5.41) is 0. The second-order valence-corrected chi connectivity index (χ2v) is 8.28. The van der Waals surface area contributed by atoms with Gasteiger partial charge in [-0.1, -0.05) is 0 Å². The highest BCUT2D eigenvalue weighted by Crippen LogP contribution is 2.28. The van der Waals surface area contributed by atoms with Gasteiger partial charge in [0.25, 0.3) is 0 Å². The number of pyridine rings is 1. The molecule has 0 saturated carbocycles. The van der Waals surface area contributed by atoms with Crippen LogP contribution in [0.1, 0.15) is 6.42 Å². The van der Waals surface area contributed by atoms with Crippen molar-refractivity contribution in [3.63, 3.8) is 0 Å². The first kappa shape index (κ1) is 16.6. The fourth-order valence-corrected chi connectivity index (χ4v) is 4.79. The van der Waals surface area contributed by atoms with Crippen LogP contribution in [0.2, 0.25) is 0 Å². The molecule has 2 fully saturated rings. The lowest BCUT2D eigenvalue weighted by atomic mass is 10.0. The first-order valence-electron chi connectivity index (χ1n) is 7.85. The van der Waals surface area contributed by atoms with E-state index in [0.29, 0.717) is 19.7 Å². The van der Waals surface area contributed by atoms with E-state index in [2.05, 4.69) is 9.88 Å². The number of ether oxygens (including phenoxy) is 1. The molecule has 2 atom stereocenters. The lowest BCUT2D eigenvalue weighted by Crippen LogP contribution is -2.60. The molecule has 2 aliphatic heterocycles. The van der Waals surface area contributed by atoms with Crippen LogP contribution in [0.25, 0.3) is 0 Å². The van der Waals surface area contributed by atoms with Crippen LogP contribution in [-0.2, 0) is 14.8 Å². The molecule has 0 spiro atoms. The lowest BCUT2D eigenvalue weighted by molar-refractivity contribution is -0.0719. The highest BCUT2D eigenvalue weighted by molar-refractivity contribution is 7.89. The smallest absolute Gasteiger partial charge is 0.245 e. The quantitative estimate of drug-likeness (QED) is 0.785. The van der Waals surface area contributed by atoms with Gasteiger partial charge in [-0.15, -0.1) is 0 Å². The van der Waals surface area contributed by atoms with Crippen LogP contribution in [0.4, 0.5) is 5.82 Å². The zero-order valence-corrected chi connectivity index (χ0v) is 14.7. The number of nitrogens with zero attached hydrogens (tertiary/aromatic N) is 4. The number of sulfonamides is 1. The largest absolute Gasteiger partial charge is 0.375 e. The maximum absolute atomic E-state index is 13.0. The Hall–Kier alpha value is -1.22. The maximum Gasteiger partial charge on any atom is 0.245 e. The van der Waals surface area contributed by atoms with E-state index in [-0.39, 0.29) is 17.0 Å². The van der Waals surface area contributed by atoms with Gasteiger partial charge in [0.15, 0.2) is 0 Å². The number of rotatable bonds is 3. The van der Waals surface area contributed by atoms with Crippen LogP contribution in [0.5, 0.6) is 0 Å². The van der Waals surface area contributed by atoms with E-state index in [1.807, 2.05) is 26.0 Å². The number of likely N-dealkylation sites (tertiary alicyclic amines) is 1. The van der Waals surface area contributed by atoms with Gasteiger partial charge in [-0.05, 0) is 25.6 Å². The summed E-state index contributed by atoms with van der Waals surface area (Å²) in [6.45, 7) is 2.49. The van der Waals surface area contributed by atoms with E-state index in [9.17, 15) is 8.42 Å². The van der Waals surface area contributed by atoms with E-state index in [4.69, 9.17) is 4.74 Å². The predicted octanol–water partition coefficient (Wildman–Crippen LogP) is 0.241.